The van der Waals surface area contributed by atoms with Gasteiger partial charge in [-0.15, -0.1) is 0 Å². The predicted molar refractivity (Wildman–Crippen MR) is 126 cm³/mol. The molecule has 0 saturated carbocycles. The van der Waals surface area contributed by atoms with Gasteiger partial charge in [-0.3, -0.25) is 14.2 Å². The van der Waals surface area contributed by atoms with Gasteiger partial charge >= 0.3 is 0 Å². The second-order valence-corrected chi connectivity index (χ2v) is 7.83. The number of hydrogen-bond acceptors (Lipinski definition) is 6. The number of nitrogens with one attached hydrogen (secondary N) is 1. The third-order valence-electron chi connectivity index (χ3n) is 5.67. The molecular formula is C24H29N5O3. The second-order valence-electron chi connectivity index (χ2n) is 7.83. The van der Waals surface area contributed by atoms with E-state index in [1.54, 1.807) is 13.2 Å². The van der Waals surface area contributed by atoms with Crippen molar-refractivity contribution in [2.75, 3.05) is 56.2 Å². The molecule has 0 unspecified atom stereocenters. The molecule has 32 heavy (non-hydrogen) atoms. The van der Waals surface area contributed by atoms with Crippen molar-refractivity contribution in [3.63, 3.8) is 0 Å². The van der Waals surface area contributed by atoms with E-state index in [1.165, 1.54) is 10.3 Å². The zero-order valence-electron chi connectivity index (χ0n) is 18.4. The number of para-hydroxylation sites is 2. The monoisotopic (exact) mass is 435 g/mol. The molecule has 1 saturated heterocycles. The van der Waals surface area contributed by atoms with Crippen LogP contribution < -0.4 is 20.7 Å². The van der Waals surface area contributed by atoms with E-state index in [0.29, 0.717) is 30.0 Å². The van der Waals surface area contributed by atoms with Crippen LogP contribution in [0.4, 0.5) is 11.6 Å². The lowest BCUT2D eigenvalue weighted by molar-refractivity contribution is -0.121. The Balaban J connectivity index is 1.57. The molecule has 0 radical (unpaired) electrons. The Hall–Kier alpha value is -3.39. The molecule has 4 rings (SSSR count). The smallest absolute Gasteiger partial charge is 0.263 e. The Kier molecular flexibility index (Phi) is 7.01. The van der Waals surface area contributed by atoms with Crippen molar-refractivity contribution in [1.29, 1.82) is 0 Å². The minimum absolute atomic E-state index is 0.0577. The maximum atomic E-state index is 13.3. The zero-order valence-corrected chi connectivity index (χ0v) is 18.4. The van der Waals surface area contributed by atoms with E-state index < -0.39 is 0 Å². The van der Waals surface area contributed by atoms with Crippen molar-refractivity contribution in [3.8, 4) is 0 Å². The van der Waals surface area contributed by atoms with Gasteiger partial charge in [-0.05, 0) is 30.7 Å². The molecule has 0 aliphatic carbocycles. The summed E-state index contributed by atoms with van der Waals surface area (Å²) in [6.07, 6.45) is 0.724. The maximum absolute atomic E-state index is 13.3. The van der Waals surface area contributed by atoms with E-state index in [1.807, 2.05) is 36.4 Å². The quantitative estimate of drug-likeness (QED) is 0.545. The largest absolute Gasteiger partial charge is 0.385 e. The summed E-state index contributed by atoms with van der Waals surface area (Å²) in [5, 5.41) is 3.39. The Labute approximate surface area is 187 Å². The number of anilines is 2. The minimum Gasteiger partial charge on any atom is -0.385 e. The first-order chi connectivity index (χ1) is 15.7. The number of fused-ring (bicyclic) bond motifs is 1. The molecule has 2 heterocycles. The Bertz CT molecular complexity index is 1110. The minimum atomic E-state index is -0.204. The molecule has 0 bridgehead atoms. The Morgan fingerprint density at radius 1 is 1.00 bits per heavy atom. The highest BCUT2D eigenvalue weighted by atomic mass is 16.5. The van der Waals surface area contributed by atoms with Crippen LogP contribution in [0.2, 0.25) is 0 Å². The van der Waals surface area contributed by atoms with E-state index in [9.17, 15) is 9.59 Å². The maximum Gasteiger partial charge on any atom is 0.263 e. The molecule has 0 atom stereocenters. The summed E-state index contributed by atoms with van der Waals surface area (Å²) in [6, 6.07) is 17.6. The van der Waals surface area contributed by atoms with Gasteiger partial charge in [0.25, 0.3) is 5.56 Å². The van der Waals surface area contributed by atoms with Crippen LogP contribution >= 0.6 is 0 Å². The Morgan fingerprint density at radius 3 is 2.44 bits per heavy atom. The van der Waals surface area contributed by atoms with Crippen molar-refractivity contribution in [1.82, 2.24) is 14.9 Å². The van der Waals surface area contributed by atoms with Crippen LogP contribution in [-0.4, -0.2) is 61.9 Å². The third kappa shape index (κ3) is 4.91. The average Bonchev–Trinajstić information content (AvgIpc) is 2.84. The number of methoxy groups -OCH3 is 1. The fraction of sp³-hybridized carbons (Fsp3) is 0.375. The second kappa shape index (κ2) is 10.3. The summed E-state index contributed by atoms with van der Waals surface area (Å²) >= 11 is 0. The number of benzene rings is 2. The van der Waals surface area contributed by atoms with Gasteiger partial charge in [-0.2, -0.15) is 0 Å². The number of rotatable bonds is 8. The number of hydrogen-bond donors (Lipinski definition) is 1. The zero-order chi connectivity index (χ0) is 22.3. The lowest BCUT2D eigenvalue weighted by Gasteiger charge is -2.37. The predicted octanol–water partition coefficient (Wildman–Crippen LogP) is 1.88. The third-order valence-corrected chi connectivity index (χ3v) is 5.67. The van der Waals surface area contributed by atoms with Gasteiger partial charge in [-0.25, -0.2) is 4.98 Å². The number of carbonyl (C=O) groups is 1. The van der Waals surface area contributed by atoms with Crippen LogP contribution in [-0.2, 0) is 16.1 Å². The van der Waals surface area contributed by atoms with Crippen LogP contribution in [0.3, 0.4) is 0 Å². The van der Waals surface area contributed by atoms with Crippen molar-refractivity contribution in [2.45, 2.75) is 13.0 Å². The molecule has 0 spiro atoms. The fourth-order valence-electron chi connectivity index (χ4n) is 3.99. The molecule has 2 aromatic carbocycles. The van der Waals surface area contributed by atoms with Crippen molar-refractivity contribution >= 4 is 28.4 Å². The molecule has 168 valence electrons. The van der Waals surface area contributed by atoms with Gasteiger partial charge in [0.2, 0.25) is 11.9 Å². The molecule has 1 aliphatic heterocycles. The molecule has 1 aliphatic rings. The van der Waals surface area contributed by atoms with E-state index in [-0.39, 0.29) is 18.0 Å². The molecule has 1 fully saturated rings. The summed E-state index contributed by atoms with van der Waals surface area (Å²) in [5.74, 6) is 0.345. The number of amides is 1. The average molecular weight is 436 g/mol. The summed E-state index contributed by atoms with van der Waals surface area (Å²) in [7, 11) is 1.63. The molecule has 3 aromatic rings. The van der Waals surface area contributed by atoms with Crippen LogP contribution in [0, 0.1) is 0 Å². The van der Waals surface area contributed by atoms with Gasteiger partial charge < -0.3 is 19.9 Å². The summed E-state index contributed by atoms with van der Waals surface area (Å²) < 4.78 is 6.53. The van der Waals surface area contributed by atoms with Crippen molar-refractivity contribution in [2.24, 2.45) is 0 Å². The van der Waals surface area contributed by atoms with Crippen LogP contribution in [0.15, 0.2) is 59.4 Å². The van der Waals surface area contributed by atoms with E-state index in [4.69, 9.17) is 9.72 Å². The first-order valence-corrected chi connectivity index (χ1v) is 11.0. The van der Waals surface area contributed by atoms with Crippen LogP contribution in [0.25, 0.3) is 10.9 Å². The first-order valence-electron chi connectivity index (χ1n) is 11.0. The molecule has 1 aromatic heterocycles. The van der Waals surface area contributed by atoms with Crippen molar-refractivity contribution in [3.05, 3.63) is 65.0 Å². The lowest BCUT2D eigenvalue weighted by Crippen LogP contribution is -2.49. The molecule has 8 nitrogen and oxygen atoms in total. The first kappa shape index (κ1) is 21.8. The molecule has 8 heteroatoms. The molecule has 1 N–H and O–H groups in total. The number of nitrogens with zero attached hydrogens (tertiary/aromatic N) is 4. The highest BCUT2D eigenvalue weighted by Gasteiger charge is 2.23. The SMILES string of the molecule is COCCCNC(=O)Cn1c(N2CCN(c3ccccc3)CC2)nc2ccccc2c1=O. The topological polar surface area (TPSA) is 79.7 Å². The highest BCUT2D eigenvalue weighted by Crippen LogP contribution is 2.20. The van der Waals surface area contributed by atoms with Gasteiger partial charge in [0.1, 0.15) is 6.54 Å². The Morgan fingerprint density at radius 2 is 1.69 bits per heavy atom. The summed E-state index contributed by atoms with van der Waals surface area (Å²) in [6.45, 7) is 4.09. The van der Waals surface area contributed by atoms with Crippen LogP contribution in [0.5, 0.6) is 0 Å². The van der Waals surface area contributed by atoms with Crippen molar-refractivity contribution < 1.29 is 9.53 Å². The summed E-state index contributed by atoms with van der Waals surface area (Å²) in [4.78, 5) is 35.1. The lowest BCUT2D eigenvalue weighted by atomic mass is 10.2. The standard InChI is InChI=1S/C24H29N5O3/c1-32-17-7-12-25-22(30)18-29-23(31)20-10-5-6-11-21(20)26-24(29)28-15-13-27(14-16-28)19-8-3-2-4-9-19/h2-6,8-11H,7,12-18H2,1H3,(H,25,30). The van der Waals surface area contributed by atoms with E-state index in [0.717, 1.165) is 32.6 Å². The summed E-state index contributed by atoms with van der Waals surface area (Å²) in [5.41, 5.74) is 1.64. The molecular weight excluding hydrogens is 406 g/mol. The normalized spacial score (nSPS) is 14.0. The number of carbonyl (C=O) groups excluding carboxylic acids is 1. The number of aromatic nitrogens is 2. The number of ether oxygens (including phenoxy) is 1. The van der Waals surface area contributed by atoms with Gasteiger partial charge in [0.05, 0.1) is 10.9 Å². The van der Waals surface area contributed by atoms with E-state index in [2.05, 4.69) is 27.2 Å². The van der Waals surface area contributed by atoms with Gasteiger partial charge in [0, 0.05) is 52.1 Å². The van der Waals surface area contributed by atoms with Gasteiger partial charge in [-0.1, -0.05) is 30.3 Å². The fourth-order valence-corrected chi connectivity index (χ4v) is 3.99. The highest BCUT2D eigenvalue weighted by molar-refractivity contribution is 5.80. The molecule has 1 amide bonds. The van der Waals surface area contributed by atoms with Gasteiger partial charge in [0.15, 0.2) is 0 Å². The van der Waals surface area contributed by atoms with E-state index >= 15 is 0 Å². The number of piperazine rings is 1. The van der Waals surface area contributed by atoms with Crippen LogP contribution in [0.1, 0.15) is 6.42 Å².